The van der Waals surface area contributed by atoms with Gasteiger partial charge >= 0.3 is 12.0 Å². The number of carboxylic acid groups (broad SMARTS) is 1. The second kappa shape index (κ2) is 9.20. The molecule has 0 aliphatic heterocycles. The third kappa shape index (κ3) is 4.93. The number of hydrogen-bond donors (Lipinski definition) is 2. The van der Waals surface area contributed by atoms with E-state index >= 15 is 0 Å². The zero-order valence-electron chi connectivity index (χ0n) is 18.1. The minimum absolute atomic E-state index is 0.0485. The molecular formula is C24H30N2O4. The molecule has 1 aliphatic carbocycles. The molecule has 1 saturated carbocycles. The van der Waals surface area contributed by atoms with Gasteiger partial charge in [0, 0.05) is 24.7 Å². The van der Waals surface area contributed by atoms with Crippen molar-refractivity contribution in [3.63, 3.8) is 0 Å². The van der Waals surface area contributed by atoms with Gasteiger partial charge in [0.25, 0.3) is 0 Å². The number of urea groups is 1. The van der Waals surface area contributed by atoms with Crippen molar-refractivity contribution in [3.05, 3.63) is 53.1 Å². The first kappa shape index (κ1) is 21.7. The topological polar surface area (TPSA) is 78.9 Å². The van der Waals surface area contributed by atoms with Gasteiger partial charge in [0.2, 0.25) is 0 Å². The molecule has 6 heteroatoms. The van der Waals surface area contributed by atoms with Crippen LogP contribution in [-0.2, 0) is 11.3 Å². The molecule has 1 aliphatic rings. The summed E-state index contributed by atoms with van der Waals surface area (Å²) < 4.78 is 5.58. The molecule has 0 saturated heterocycles. The lowest BCUT2D eigenvalue weighted by Gasteiger charge is -2.24. The number of nitrogens with one attached hydrogen (secondary N) is 1. The SMILES string of the molecule is CCN(Cc1cc(C)ccc1-c1cc(C(C)C(=O)O)ccc1OC)C(=O)NC1CC1. The Morgan fingerprint density at radius 2 is 1.93 bits per heavy atom. The number of hydrogen-bond acceptors (Lipinski definition) is 3. The van der Waals surface area contributed by atoms with E-state index in [2.05, 4.69) is 11.4 Å². The molecule has 3 rings (SSSR count). The van der Waals surface area contributed by atoms with Gasteiger partial charge < -0.3 is 20.1 Å². The lowest BCUT2D eigenvalue weighted by molar-refractivity contribution is -0.138. The number of carboxylic acids is 1. The van der Waals surface area contributed by atoms with Crippen LogP contribution in [0.3, 0.4) is 0 Å². The van der Waals surface area contributed by atoms with Crippen LogP contribution in [-0.4, -0.2) is 41.7 Å². The van der Waals surface area contributed by atoms with E-state index in [0.29, 0.717) is 30.4 Å². The van der Waals surface area contributed by atoms with Crippen molar-refractivity contribution in [2.24, 2.45) is 0 Å². The van der Waals surface area contributed by atoms with Gasteiger partial charge in [-0.25, -0.2) is 4.79 Å². The first-order chi connectivity index (χ1) is 14.3. The molecular weight excluding hydrogens is 380 g/mol. The molecule has 160 valence electrons. The Morgan fingerprint density at radius 3 is 2.53 bits per heavy atom. The van der Waals surface area contributed by atoms with Gasteiger partial charge in [0.05, 0.1) is 13.0 Å². The van der Waals surface area contributed by atoms with Crippen molar-refractivity contribution in [1.29, 1.82) is 0 Å². The van der Waals surface area contributed by atoms with Crippen molar-refractivity contribution >= 4 is 12.0 Å². The summed E-state index contributed by atoms with van der Waals surface area (Å²) in [6.45, 7) is 6.73. The molecule has 6 nitrogen and oxygen atoms in total. The van der Waals surface area contributed by atoms with Crippen molar-refractivity contribution in [2.75, 3.05) is 13.7 Å². The molecule has 2 amide bonds. The highest BCUT2D eigenvalue weighted by Gasteiger charge is 2.26. The molecule has 2 N–H and O–H groups in total. The zero-order chi connectivity index (χ0) is 21.8. The van der Waals surface area contributed by atoms with Crippen LogP contribution in [0.1, 0.15) is 49.3 Å². The quantitative estimate of drug-likeness (QED) is 0.669. The van der Waals surface area contributed by atoms with E-state index < -0.39 is 11.9 Å². The number of aryl methyl sites for hydroxylation is 1. The summed E-state index contributed by atoms with van der Waals surface area (Å²) >= 11 is 0. The van der Waals surface area contributed by atoms with Crippen LogP contribution >= 0.6 is 0 Å². The molecule has 1 unspecified atom stereocenters. The number of rotatable bonds is 8. The lowest BCUT2D eigenvalue weighted by atomic mass is 9.92. The monoisotopic (exact) mass is 410 g/mol. The number of carbonyl (C=O) groups excluding carboxylic acids is 1. The van der Waals surface area contributed by atoms with Crippen molar-refractivity contribution in [1.82, 2.24) is 10.2 Å². The normalized spacial score (nSPS) is 14.1. The van der Waals surface area contributed by atoms with Gasteiger partial charge in [0.15, 0.2) is 0 Å². The second-order valence-corrected chi connectivity index (χ2v) is 7.92. The van der Waals surface area contributed by atoms with E-state index in [-0.39, 0.29) is 6.03 Å². The number of benzene rings is 2. The molecule has 2 aromatic carbocycles. The Bertz CT molecular complexity index is 937. The molecule has 0 aromatic heterocycles. The van der Waals surface area contributed by atoms with Crippen LogP contribution in [0.5, 0.6) is 5.75 Å². The molecule has 1 atom stereocenters. The maximum atomic E-state index is 12.6. The minimum atomic E-state index is -0.871. The summed E-state index contributed by atoms with van der Waals surface area (Å²) in [6, 6.07) is 11.9. The molecule has 2 aromatic rings. The van der Waals surface area contributed by atoms with Gasteiger partial charge in [-0.15, -0.1) is 0 Å². The summed E-state index contributed by atoms with van der Waals surface area (Å²) in [4.78, 5) is 25.9. The maximum absolute atomic E-state index is 12.6. The Kier molecular flexibility index (Phi) is 6.65. The predicted molar refractivity (Wildman–Crippen MR) is 117 cm³/mol. The molecule has 0 radical (unpaired) electrons. The first-order valence-electron chi connectivity index (χ1n) is 10.4. The molecule has 0 bridgehead atoms. The van der Waals surface area contributed by atoms with E-state index in [1.807, 2.05) is 38.1 Å². The van der Waals surface area contributed by atoms with Gasteiger partial charge in [-0.2, -0.15) is 0 Å². The van der Waals surface area contributed by atoms with E-state index in [4.69, 9.17) is 4.74 Å². The third-order valence-electron chi connectivity index (χ3n) is 5.58. The van der Waals surface area contributed by atoms with E-state index in [9.17, 15) is 14.7 Å². The van der Waals surface area contributed by atoms with Crippen molar-refractivity contribution in [3.8, 4) is 16.9 Å². The van der Waals surface area contributed by atoms with Crippen LogP contribution in [0.4, 0.5) is 4.79 Å². The smallest absolute Gasteiger partial charge is 0.317 e. The molecule has 0 heterocycles. The average Bonchev–Trinajstić information content (AvgIpc) is 3.54. The second-order valence-electron chi connectivity index (χ2n) is 7.92. The highest BCUT2D eigenvalue weighted by atomic mass is 16.5. The lowest BCUT2D eigenvalue weighted by Crippen LogP contribution is -2.40. The molecule has 0 spiro atoms. The van der Waals surface area contributed by atoms with Crippen LogP contribution in [0.25, 0.3) is 11.1 Å². The highest BCUT2D eigenvalue weighted by molar-refractivity contribution is 5.80. The maximum Gasteiger partial charge on any atom is 0.317 e. The number of aliphatic carboxylic acids is 1. The fourth-order valence-electron chi connectivity index (χ4n) is 3.49. The summed E-state index contributed by atoms with van der Waals surface area (Å²) in [5, 5.41) is 12.5. The van der Waals surface area contributed by atoms with Gasteiger partial charge in [-0.1, -0.05) is 29.8 Å². The zero-order valence-corrected chi connectivity index (χ0v) is 18.1. The Labute approximate surface area is 177 Å². The van der Waals surface area contributed by atoms with Crippen LogP contribution < -0.4 is 10.1 Å². The summed E-state index contributed by atoms with van der Waals surface area (Å²) in [5.41, 5.74) is 4.58. The Hall–Kier alpha value is -3.02. The molecule has 30 heavy (non-hydrogen) atoms. The summed E-state index contributed by atoms with van der Waals surface area (Å²) in [7, 11) is 1.61. The molecule has 1 fully saturated rings. The minimum Gasteiger partial charge on any atom is -0.496 e. The van der Waals surface area contributed by atoms with Crippen LogP contribution in [0.2, 0.25) is 0 Å². The number of ether oxygens (including phenoxy) is 1. The van der Waals surface area contributed by atoms with E-state index in [1.54, 1.807) is 25.0 Å². The van der Waals surface area contributed by atoms with Gasteiger partial charge in [-0.05, 0) is 62.4 Å². The standard InChI is InChI=1S/C24H30N2O4/c1-5-26(24(29)25-19-8-9-19)14-18-12-15(2)6-10-20(18)21-13-17(16(3)23(27)28)7-11-22(21)30-4/h6-7,10-13,16,19H,5,8-9,14H2,1-4H3,(H,25,29)(H,27,28). The van der Waals surface area contributed by atoms with E-state index in [1.165, 1.54) is 0 Å². The van der Waals surface area contributed by atoms with E-state index in [0.717, 1.165) is 35.1 Å². The third-order valence-corrected chi connectivity index (χ3v) is 5.58. The highest BCUT2D eigenvalue weighted by Crippen LogP contribution is 2.36. The van der Waals surface area contributed by atoms with Crippen LogP contribution in [0, 0.1) is 6.92 Å². The Balaban J connectivity index is 2.00. The number of methoxy groups -OCH3 is 1. The van der Waals surface area contributed by atoms with Crippen molar-refractivity contribution < 1.29 is 19.4 Å². The number of amides is 2. The van der Waals surface area contributed by atoms with Crippen molar-refractivity contribution in [2.45, 2.75) is 52.1 Å². The largest absolute Gasteiger partial charge is 0.496 e. The first-order valence-corrected chi connectivity index (χ1v) is 10.4. The van der Waals surface area contributed by atoms with Crippen LogP contribution in [0.15, 0.2) is 36.4 Å². The Morgan fingerprint density at radius 1 is 1.20 bits per heavy atom. The number of nitrogens with zero attached hydrogens (tertiary/aromatic N) is 1. The summed E-state index contributed by atoms with van der Waals surface area (Å²) in [6.07, 6.45) is 2.09. The predicted octanol–water partition coefficient (Wildman–Crippen LogP) is 4.55. The fourth-order valence-corrected chi connectivity index (χ4v) is 3.49. The number of carbonyl (C=O) groups is 2. The summed E-state index contributed by atoms with van der Waals surface area (Å²) in [5.74, 6) is -0.823. The van der Waals surface area contributed by atoms with Gasteiger partial charge in [0.1, 0.15) is 5.75 Å². The average molecular weight is 411 g/mol. The fraction of sp³-hybridized carbons (Fsp3) is 0.417. The van der Waals surface area contributed by atoms with Gasteiger partial charge in [-0.3, -0.25) is 4.79 Å².